The molecule has 0 unspecified atom stereocenters. The molecule has 4 heteroatoms. The number of hydrogen-bond acceptors (Lipinski definition) is 2. The van der Waals surface area contributed by atoms with Crippen LogP contribution in [0.15, 0.2) is 54.7 Å². The molecule has 2 aromatic carbocycles. The van der Waals surface area contributed by atoms with Crippen LogP contribution in [0.3, 0.4) is 0 Å². The van der Waals surface area contributed by atoms with Crippen LogP contribution in [-0.2, 0) is 0 Å². The van der Waals surface area contributed by atoms with Gasteiger partial charge in [0.05, 0.1) is 7.57 Å². The summed E-state index contributed by atoms with van der Waals surface area (Å²) in [7, 11) is 0. The van der Waals surface area contributed by atoms with Crippen molar-refractivity contribution in [3.05, 3.63) is 54.7 Å². The summed E-state index contributed by atoms with van der Waals surface area (Å²) in [6.45, 7) is 0. The average Bonchev–Trinajstić information content (AvgIpc) is 3.03. The number of fused-ring (bicyclic) bond motifs is 2. The molecular weight excluding hydrogens is 416 g/mol. The molecule has 4 rings (SSSR count). The highest BCUT2D eigenvalue weighted by atomic mass is 79.9. The van der Waals surface area contributed by atoms with E-state index in [2.05, 4.69) is 79.0 Å². The molecule has 0 spiro atoms. The molecular formula is C16H8Br2S2. The van der Waals surface area contributed by atoms with Crippen LogP contribution in [0.2, 0.25) is 0 Å². The first-order valence-corrected chi connectivity index (χ1v) is 9.42. The van der Waals surface area contributed by atoms with Crippen LogP contribution in [0.25, 0.3) is 32.7 Å². The Labute approximate surface area is 141 Å². The summed E-state index contributed by atoms with van der Waals surface area (Å²) in [5.74, 6) is 0. The largest absolute Gasteiger partial charge is 0.136 e. The zero-order valence-electron chi connectivity index (χ0n) is 10.2. The van der Waals surface area contributed by atoms with Crippen LogP contribution >= 0.6 is 54.5 Å². The molecule has 0 aliphatic heterocycles. The maximum Gasteiger partial charge on any atom is 0.0777 e. The molecule has 0 N–H and O–H groups in total. The van der Waals surface area contributed by atoms with Crippen molar-refractivity contribution in [3.63, 3.8) is 0 Å². The standard InChI is InChI=1S/C16H8Br2S2/c17-15-11-5-1-3-9(13(11)7-19-15)10-4-2-6-12-14(10)8-20-16(12)18/h1-8H. The average molecular weight is 424 g/mol. The Hall–Kier alpha value is -0.680. The minimum absolute atomic E-state index is 1.20. The zero-order chi connectivity index (χ0) is 13.7. The molecule has 0 saturated carbocycles. The molecule has 98 valence electrons. The molecule has 0 fully saturated rings. The molecule has 0 amide bonds. The summed E-state index contributed by atoms with van der Waals surface area (Å²) in [6.07, 6.45) is 0. The number of hydrogen-bond donors (Lipinski definition) is 0. The molecule has 0 saturated heterocycles. The summed E-state index contributed by atoms with van der Waals surface area (Å²) < 4.78 is 2.40. The fourth-order valence-electron chi connectivity index (χ4n) is 2.55. The fraction of sp³-hybridized carbons (Fsp3) is 0. The molecule has 20 heavy (non-hydrogen) atoms. The maximum absolute atomic E-state index is 3.64. The summed E-state index contributed by atoms with van der Waals surface area (Å²) >= 11 is 10.8. The van der Waals surface area contributed by atoms with Gasteiger partial charge in [-0.25, -0.2) is 0 Å². The Bertz CT molecular complexity index is 856. The Balaban J connectivity index is 2.11. The summed E-state index contributed by atoms with van der Waals surface area (Å²) in [6, 6.07) is 13.0. The second-order valence-corrected chi connectivity index (χ2v) is 8.95. The second kappa shape index (κ2) is 4.95. The fourth-order valence-corrected chi connectivity index (χ4v) is 5.36. The van der Waals surface area contributed by atoms with Crippen molar-refractivity contribution in [2.24, 2.45) is 0 Å². The SMILES string of the molecule is Brc1scc2c(-c3cccc4c(Br)scc34)cccc12. The van der Waals surface area contributed by atoms with Crippen LogP contribution in [0.5, 0.6) is 0 Å². The Morgan fingerprint density at radius 2 is 1.05 bits per heavy atom. The van der Waals surface area contributed by atoms with Gasteiger partial charge in [0.2, 0.25) is 0 Å². The van der Waals surface area contributed by atoms with E-state index in [-0.39, 0.29) is 0 Å². The summed E-state index contributed by atoms with van der Waals surface area (Å²) in [4.78, 5) is 0. The van der Waals surface area contributed by atoms with E-state index in [1.165, 1.54) is 40.2 Å². The Kier molecular flexibility index (Phi) is 3.22. The van der Waals surface area contributed by atoms with E-state index in [1.54, 1.807) is 22.7 Å². The first-order valence-electron chi connectivity index (χ1n) is 6.07. The van der Waals surface area contributed by atoms with Crippen molar-refractivity contribution in [1.29, 1.82) is 0 Å². The van der Waals surface area contributed by atoms with Gasteiger partial charge in [0.15, 0.2) is 0 Å². The molecule has 0 bridgehead atoms. The van der Waals surface area contributed by atoms with Gasteiger partial charge in [0.25, 0.3) is 0 Å². The molecule has 2 heterocycles. The van der Waals surface area contributed by atoms with Crippen LogP contribution < -0.4 is 0 Å². The summed E-state index contributed by atoms with van der Waals surface area (Å²) in [5.41, 5.74) is 2.61. The van der Waals surface area contributed by atoms with Crippen molar-refractivity contribution < 1.29 is 0 Å². The Morgan fingerprint density at radius 1 is 0.600 bits per heavy atom. The third-order valence-electron chi connectivity index (χ3n) is 3.49. The third kappa shape index (κ3) is 1.90. The van der Waals surface area contributed by atoms with Gasteiger partial charge in [-0.1, -0.05) is 36.4 Å². The number of thiophene rings is 2. The van der Waals surface area contributed by atoms with E-state index < -0.39 is 0 Å². The van der Waals surface area contributed by atoms with Gasteiger partial charge < -0.3 is 0 Å². The van der Waals surface area contributed by atoms with Crippen molar-refractivity contribution in [2.45, 2.75) is 0 Å². The van der Waals surface area contributed by atoms with E-state index in [0.29, 0.717) is 0 Å². The predicted molar refractivity (Wildman–Crippen MR) is 98.0 cm³/mol. The maximum atomic E-state index is 3.64. The van der Waals surface area contributed by atoms with Gasteiger partial charge in [-0.05, 0) is 43.0 Å². The van der Waals surface area contributed by atoms with Crippen LogP contribution in [-0.4, -0.2) is 0 Å². The van der Waals surface area contributed by atoms with Gasteiger partial charge in [-0.15, -0.1) is 22.7 Å². The smallest absolute Gasteiger partial charge is 0.0777 e. The normalized spacial score (nSPS) is 11.5. The molecule has 0 radical (unpaired) electrons. The highest BCUT2D eigenvalue weighted by molar-refractivity contribution is 9.11. The molecule has 0 atom stereocenters. The van der Waals surface area contributed by atoms with Crippen molar-refractivity contribution >= 4 is 76.1 Å². The highest BCUT2D eigenvalue weighted by Crippen LogP contribution is 2.41. The number of halogens is 2. The minimum Gasteiger partial charge on any atom is -0.136 e. The van der Waals surface area contributed by atoms with Gasteiger partial charge in [0.1, 0.15) is 0 Å². The zero-order valence-corrected chi connectivity index (χ0v) is 15.0. The lowest BCUT2D eigenvalue weighted by atomic mass is 9.98. The van der Waals surface area contributed by atoms with E-state index in [0.717, 1.165) is 0 Å². The first kappa shape index (κ1) is 13.0. The van der Waals surface area contributed by atoms with Crippen LogP contribution in [0.1, 0.15) is 0 Å². The lowest BCUT2D eigenvalue weighted by Gasteiger charge is -2.06. The topological polar surface area (TPSA) is 0 Å². The monoisotopic (exact) mass is 422 g/mol. The molecule has 2 aromatic heterocycles. The van der Waals surface area contributed by atoms with Gasteiger partial charge in [0, 0.05) is 32.3 Å². The second-order valence-electron chi connectivity index (χ2n) is 4.55. The van der Waals surface area contributed by atoms with Gasteiger partial charge in [-0.3, -0.25) is 0 Å². The van der Waals surface area contributed by atoms with Crippen LogP contribution in [0, 0.1) is 0 Å². The van der Waals surface area contributed by atoms with E-state index in [4.69, 9.17) is 0 Å². The number of rotatable bonds is 1. The predicted octanol–water partition coefficient (Wildman–Crippen LogP) is 7.31. The van der Waals surface area contributed by atoms with Crippen LogP contribution in [0.4, 0.5) is 0 Å². The van der Waals surface area contributed by atoms with Gasteiger partial charge >= 0.3 is 0 Å². The van der Waals surface area contributed by atoms with E-state index >= 15 is 0 Å². The minimum atomic E-state index is 1.20. The van der Waals surface area contributed by atoms with Gasteiger partial charge in [-0.2, -0.15) is 0 Å². The molecule has 4 aromatic rings. The lowest BCUT2D eigenvalue weighted by molar-refractivity contribution is 1.74. The van der Waals surface area contributed by atoms with Crippen molar-refractivity contribution in [1.82, 2.24) is 0 Å². The van der Waals surface area contributed by atoms with E-state index in [1.807, 2.05) is 0 Å². The van der Waals surface area contributed by atoms with E-state index in [9.17, 15) is 0 Å². The highest BCUT2D eigenvalue weighted by Gasteiger charge is 2.12. The van der Waals surface area contributed by atoms with Crippen molar-refractivity contribution in [2.75, 3.05) is 0 Å². The molecule has 0 nitrogen and oxygen atoms in total. The lowest BCUT2D eigenvalue weighted by Crippen LogP contribution is -1.80. The quantitative estimate of drug-likeness (QED) is 0.301. The third-order valence-corrected chi connectivity index (χ3v) is 7.02. The first-order chi connectivity index (χ1) is 9.75. The number of benzene rings is 2. The van der Waals surface area contributed by atoms with Crippen molar-refractivity contribution in [3.8, 4) is 11.1 Å². The molecule has 0 aliphatic rings. The Morgan fingerprint density at radius 3 is 1.50 bits per heavy atom. The summed E-state index contributed by atoms with van der Waals surface area (Å²) in [5, 5.41) is 9.68. The molecule has 0 aliphatic carbocycles.